The number of aromatic nitrogens is 1. The highest BCUT2D eigenvalue weighted by Gasteiger charge is 2.33. The van der Waals surface area contributed by atoms with Gasteiger partial charge in [-0.3, -0.25) is 9.69 Å². The lowest BCUT2D eigenvalue weighted by molar-refractivity contribution is -0.123. The number of carbonyl (C=O) groups excluding carboxylic acids is 2. The van der Waals surface area contributed by atoms with Crippen molar-refractivity contribution < 1.29 is 14.0 Å². The van der Waals surface area contributed by atoms with Crippen molar-refractivity contribution in [1.82, 2.24) is 14.8 Å². The first kappa shape index (κ1) is 18.7. The first-order chi connectivity index (χ1) is 13.9. The molecule has 1 aliphatic rings. The van der Waals surface area contributed by atoms with E-state index >= 15 is 0 Å². The minimum atomic E-state index is -0.441. The van der Waals surface area contributed by atoms with E-state index in [2.05, 4.69) is 5.32 Å². The zero-order valence-electron chi connectivity index (χ0n) is 16.1. The van der Waals surface area contributed by atoms with E-state index in [9.17, 15) is 14.0 Å². The van der Waals surface area contributed by atoms with E-state index in [1.165, 1.54) is 17.0 Å². The molecule has 1 fully saturated rings. The Bertz CT molecular complexity index is 1130. The molecule has 5 nitrogen and oxygen atoms in total. The molecule has 3 aromatic rings. The van der Waals surface area contributed by atoms with Gasteiger partial charge in [0.2, 0.25) is 0 Å². The molecule has 2 heterocycles. The number of amides is 3. The third-order valence-electron chi connectivity index (χ3n) is 4.98. The number of nitrogens with one attached hydrogen (secondary N) is 1. The summed E-state index contributed by atoms with van der Waals surface area (Å²) in [5, 5.41) is 2.66. The monoisotopic (exact) mass is 389 g/mol. The largest absolute Gasteiger partial charge is 0.329 e. The van der Waals surface area contributed by atoms with Crippen LogP contribution < -0.4 is 5.32 Å². The fourth-order valence-electron chi connectivity index (χ4n) is 3.58. The van der Waals surface area contributed by atoms with Crippen LogP contribution in [0.1, 0.15) is 22.5 Å². The van der Waals surface area contributed by atoms with E-state index in [1.807, 2.05) is 60.9 Å². The van der Waals surface area contributed by atoms with Crippen molar-refractivity contribution in [2.45, 2.75) is 20.4 Å². The fourth-order valence-corrected chi connectivity index (χ4v) is 3.58. The molecule has 1 aliphatic heterocycles. The lowest BCUT2D eigenvalue weighted by Crippen LogP contribution is -2.30. The average Bonchev–Trinajstić information content (AvgIpc) is 3.12. The molecule has 0 saturated carbocycles. The molecule has 0 spiro atoms. The molecule has 0 radical (unpaired) electrons. The van der Waals surface area contributed by atoms with Crippen LogP contribution in [0, 0.1) is 19.7 Å². The van der Waals surface area contributed by atoms with Crippen LogP contribution in [0.3, 0.4) is 0 Å². The van der Waals surface area contributed by atoms with Gasteiger partial charge in [-0.15, -0.1) is 0 Å². The number of hydrogen-bond acceptors (Lipinski definition) is 2. The van der Waals surface area contributed by atoms with Gasteiger partial charge in [-0.25, -0.2) is 9.18 Å². The Labute approximate surface area is 168 Å². The summed E-state index contributed by atoms with van der Waals surface area (Å²) in [7, 11) is 0. The van der Waals surface area contributed by atoms with E-state index in [-0.39, 0.29) is 24.0 Å². The molecule has 4 rings (SSSR count). The average molecular weight is 389 g/mol. The van der Waals surface area contributed by atoms with Gasteiger partial charge in [0.1, 0.15) is 11.5 Å². The van der Waals surface area contributed by atoms with Crippen molar-refractivity contribution >= 4 is 18.0 Å². The third kappa shape index (κ3) is 3.57. The quantitative estimate of drug-likeness (QED) is 0.534. The van der Waals surface area contributed by atoms with Gasteiger partial charge in [-0.05, 0) is 55.3 Å². The smallest absolute Gasteiger partial charge is 0.318 e. The highest BCUT2D eigenvalue weighted by atomic mass is 19.1. The molecule has 3 amide bonds. The number of benzene rings is 2. The van der Waals surface area contributed by atoms with Gasteiger partial charge in [-0.1, -0.05) is 36.4 Å². The van der Waals surface area contributed by atoms with Gasteiger partial charge >= 0.3 is 6.03 Å². The molecule has 1 aromatic heterocycles. The number of hydrogen-bond donors (Lipinski definition) is 1. The molecule has 1 N–H and O–H groups in total. The van der Waals surface area contributed by atoms with Crippen LogP contribution in [0.2, 0.25) is 0 Å². The molecule has 0 atom stereocenters. The molecule has 0 unspecified atom stereocenters. The lowest BCUT2D eigenvalue weighted by Gasteiger charge is -2.11. The van der Waals surface area contributed by atoms with Crippen molar-refractivity contribution in [3.63, 3.8) is 0 Å². The Hall–Kier alpha value is -3.67. The summed E-state index contributed by atoms with van der Waals surface area (Å²) in [6.45, 7) is 4.02. The van der Waals surface area contributed by atoms with Crippen LogP contribution >= 0.6 is 0 Å². The molecule has 146 valence electrons. The topological polar surface area (TPSA) is 54.3 Å². The van der Waals surface area contributed by atoms with Gasteiger partial charge in [0.25, 0.3) is 5.91 Å². The van der Waals surface area contributed by atoms with Crippen molar-refractivity contribution in [1.29, 1.82) is 0 Å². The maximum atomic E-state index is 13.6. The van der Waals surface area contributed by atoms with E-state index in [0.717, 1.165) is 22.5 Å². The highest BCUT2D eigenvalue weighted by molar-refractivity contribution is 6.13. The minimum absolute atomic E-state index is 0.213. The van der Waals surface area contributed by atoms with Crippen LogP contribution in [0.5, 0.6) is 0 Å². The van der Waals surface area contributed by atoms with Gasteiger partial charge in [0, 0.05) is 17.1 Å². The predicted molar refractivity (Wildman–Crippen MR) is 109 cm³/mol. The SMILES string of the molecule is Cc1cc(C=C2NC(=O)N(Cc3ccccc3)C2=O)c(C)n1-c1cccc(F)c1. The Morgan fingerprint density at radius 3 is 2.48 bits per heavy atom. The first-order valence-corrected chi connectivity index (χ1v) is 9.27. The van der Waals surface area contributed by atoms with Crippen molar-refractivity contribution in [2.75, 3.05) is 0 Å². The second-order valence-corrected chi connectivity index (χ2v) is 7.01. The van der Waals surface area contributed by atoms with Crippen LogP contribution in [0.4, 0.5) is 9.18 Å². The zero-order chi connectivity index (χ0) is 20.5. The molecule has 0 aliphatic carbocycles. The van der Waals surface area contributed by atoms with Gasteiger partial charge in [0.15, 0.2) is 0 Å². The Morgan fingerprint density at radius 1 is 1.00 bits per heavy atom. The van der Waals surface area contributed by atoms with E-state index in [1.54, 1.807) is 12.1 Å². The number of carbonyl (C=O) groups is 2. The molecule has 29 heavy (non-hydrogen) atoms. The first-order valence-electron chi connectivity index (χ1n) is 9.27. The number of rotatable bonds is 4. The van der Waals surface area contributed by atoms with Crippen LogP contribution in [0.25, 0.3) is 11.8 Å². The van der Waals surface area contributed by atoms with Gasteiger partial charge in [0.05, 0.1) is 6.54 Å². The minimum Gasteiger partial charge on any atom is -0.318 e. The summed E-state index contributed by atoms with van der Waals surface area (Å²) in [6.07, 6.45) is 1.67. The van der Waals surface area contributed by atoms with Crippen LogP contribution in [0.15, 0.2) is 66.4 Å². The number of halogens is 1. The Balaban J connectivity index is 1.64. The third-order valence-corrected chi connectivity index (χ3v) is 4.98. The second kappa shape index (κ2) is 7.39. The van der Waals surface area contributed by atoms with E-state index in [0.29, 0.717) is 5.69 Å². The zero-order valence-corrected chi connectivity index (χ0v) is 16.1. The number of urea groups is 1. The van der Waals surface area contributed by atoms with Crippen LogP contribution in [-0.4, -0.2) is 21.4 Å². The van der Waals surface area contributed by atoms with E-state index < -0.39 is 6.03 Å². The maximum Gasteiger partial charge on any atom is 0.329 e. The normalized spacial score (nSPS) is 15.3. The van der Waals surface area contributed by atoms with Crippen molar-refractivity contribution in [2.24, 2.45) is 0 Å². The van der Waals surface area contributed by atoms with Crippen molar-refractivity contribution in [3.05, 3.63) is 94.7 Å². The summed E-state index contributed by atoms with van der Waals surface area (Å²) in [5.41, 5.74) is 4.35. The molecular formula is C23H20FN3O2. The molecule has 6 heteroatoms. The number of imide groups is 1. The maximum absolute atomic E-state index is 13.6. The van der Waals surface area contributed by atoms with Gasteiger partial charge in [-0.2, -0.15) is 0 Å². The summed E-state index contributed by atoms with van der Waals surface area (Å²) in [5.74, 6) is -0.681. The molecule has 1 saturated heterocycles. The van der Waals surface area contributed by atoms with E-state index in [4.69, 9.17) is 0 Å². The fraction of sp³-hybridized carbons (Fsp3) is 0.130. The second-order valence-electron chi connectivity index (χ2n) is 7.01. The van der Waals surface area contributed by atoms with Crippen molar-refractivity contribution in [3.8, 4) is 5.69 Å². The summed E-state index contributed by atoms with van der Waals surface area (Å²) in [4.78, 5) is 26.3. The Morgan fingerprint density at radius 2 is 1.76 bits per heavy atom. The predicted octanol–water partition coefficient (Wildman–Crippen LogP) is 4.33. The molecular weight excluding hydrogens is 369 g/mol. The number of aryl methyl sites for hydroxylation is 1. The molecule has 0 bridgehead atoms. The lowest BCUT2D eigenvalue weighted by atomic mass is 10.2. The highest BCUT2D eigenvalue weighted by Crippen LogP contribution is 2.24. The summed E-state index contributed by atoms with van der Waals surface area (Å²) < 4.78 is 15.6. The number of nitrogens with zero attached hydrogens (tertiary/aromatic N) is 2. The van der Waals surface area contributed by atoms with Gasteiger partial charge < -0.3 is 9.88 Å². The van der Waals surface area contributed by atoms with Crippen LogP contribution in [-0.2, 0) is 11.3 Å². The standard InChI is InChI=1S/C23H20FN3O2/c1-15-11-18(16(2)27(15)20-10-6-9-19(24)13-20)12-21-22(28)26(23(29)25-21)14-17-7-4-3-5-8-17/h3-13H,14H2,1-2H3,(H,25,29). The molecule has 2 aromatic carbocycles. The Kier molecular flexibility index (Phi) is 4.76. The summed E-state index contributed by atoms with van der Waals surface area (Å²) >= 11 is 0. The summed E-state index contributed by atoms with van der Waals surface area (Å²) in [6, 6.07) is 17.2.